The zero-order chi connectivity index (χ0) is 14.2. The number of hydrogen-bond acceptors (Lipinski definition) is 2. The lowest BCUT2D eigenvalue weighted by Crippen LogP contribution is -2.27. The van der Waals surface area contributed by atoms with Crippen LogP contribution in [0, 0.1) is 13.8 Å². The summed E-state index contributed by atoms with van der Waals surface area (Å²) in [5.74, 6) is 0.958. The summed E-state index contributed by atoms with van der Waals surface area (Å²) in [7, 11) is 0. The predicted octanol–water partition coefficient (Wildman–Crippen LogP) is 4.94. The van der Waals surface area contributed by atoms with E-state index in [-0.39, 0.29) is 11.7 Å². The summed E-state index contributed by atoms with van der Waals surface area (Å²) >= 11 is 3.59. The monoisotopic (exact) mass is 338 g/mol. The van der Waals surface area contributed by atoms with Crippen LogP contribution in [0.1, 0.15) is 49.7 Å². The number of hydrogen-bond donors (Lipinski definition) is 0. The molecule has 1 aliphatic heterocycles. The molecular formula is C17H23BrO2. The lowest BCUT2D eigenvalue weighted by molar-refractivity contribution is -0.0508. The van der Waals surface area contributed by atoms with Gasteiger partial charge in [0.25, 0.3) is 0 Å². The standard InChI is InChI=1S/C17H23BrO2/c1-12-9-15(10-13(2)16(12)18)19-11-14-5-8-17(20-14)6-3-4-7-17/h9-10,14H,3-8,11H2,1-2H3. The van der Waals surface area contributed by atoms with Gasteiger partial charge in [-0.3, -0.25) is 0 Å². The molecule has 1 aromatic rings. The fourth-order valence-corrected chi connectivity index (χ4v) is 3.81. The molecule has 1 atom stereocenters. The van der Waals surface area contributed by atoms with E-state index in [1.807, 2.05) is 0 Å². The van der Waals surface area contributed by atoms with Gasteiger partial charge in [-0.2, -0.15) is 0 Å². The molecule has 2 nitrogen and oxygen atoms in total. The normalized spacial score (nSPS) is 24.4. The number of benzene rings is 1. The Morgan fingerprint density at radius 1 is 1.20 bits per heavy atom. The summed E-state index contributed by atoms with van der Waals surface area (Å²) in [6, 6.07) is 4.19. The first-order chi connectivity index (χ1) is 9.58. The van der Waals surface area contributed by atoms with Crippen LogP contribution in [0.2, 0.25) is 0 Å². The summed E-state index contributed by atoms with van der Waals surface area (Å²) in [6.45, 7) is 4.88. The van der Waals surface area contributed by atoms with Gasteiger partial charge < -0.3 is 9.47 Å². The average Bonchev–Trinajstić information content (AvgIpc) is 3.04. The van der Waals surface area contributed by atoms with E-state index in [0.717, 1.165) is 12.2 Å². The van der Waals surface area contributed by atoms with E-state index in [1.54, 1.807) is 0 Å². The second kappa shape index (κ2) is 5.69. The molecule has 20 heavy (non-hydrogen) atoms. The van der Waals surface area contributed by atoms with Gasteiger partial charge in [-0.25, -0.2) is 0 Å². The zero-order valence-electron chi connectivity index (χ0n) is 12.4. The van der Waals surface area contributed by atoms with Crippen molar-refractivity contribution in [3.05, 3.63) is 27.7 Å². The smallest absolute Gasteiger partial charge is 0.120 e. The molecule has 3 rings (SSSR count). The quantitative estimate of drug-likeness (QED) is 0.777. The van der Waals surface area contributed by atoms with Crippen LogP contribution in [0.5, 0.6) is 5.75 Å². The minimum absolute atomic E-state index is 0.208. The van der Waals surface area contributed by atoms with E-state index < -0.39 is 0 Å². The van der Waals surface area contributed by atoms with Gasteiger partial charge >= 0.3 is 0 Å². The third kappa shape index (κ3) is 2.89. The Kier molecular flexibility index (Phi) is 4.09. The molecule has 0 aromatic heterocycles. The number of ether oxygens (including phenoxy) is 2. The predicted molar refractivity (Wildman–Crippen MR) is 84.4 cm³/mol. The maximum Gasteiger partial charge on any atom is 0.120 e. The molecule has 1 heterocycles. The van der Waals surface area contributed by atoms with Gasteiger partial charge in [-0.15, -0.1) is 0 Å². The Bertz CT molecular complexity index is 469. The van der Waals surface area contributed by atoms with Crippen LogP contribution >= 0.6 is 15.9 Å². The summed E-state index contributed by atoms with van der Waals surface area (Å²) in [4.78, 5) is 0. The average molecular weight is 339 g/mol. The first-order valence-corrected chi connectivity index (χ1v) is 8.45. The van der Waals surface area contributed by atoms with Crippen LogP contribution < -0.4 is 4.74 Å². The fourth-order valence-electron chi connectivity index (χ4n) is 3.58. The van der Waals surface area contributed by atoms with E-state index >= 15 is 0 Å². The second-order valence-corrected chi connectivity index (χ2v) is 7.14. The largest absolute Gasteiger partial charge is 0.491 e. The Balaban J connectivity index is 1.58. The van der Waals surface area contributed by atoms with Crippen molar-refractivity contribution in [3.63, 3.8) is 0 Å². The molecular weight excluding hydrogens is 316 g/mol. The van der Waals surface area contributed by atoms with Gasteiger partial charge in [0.15, 0.2) is 0 Å². The minimum atomic E-state index is 0.208. The van der Waals surface area contributed by atoms with Crippen molar-refractivity contribution in [1.82, 2.24) is 0 Å². The molecule has 3 heteroatoms. The third-order valence-electron chi connectivity index (χ3n) is 4.70. The molecule has 1 aliphatic carbocycles. The number of aryl methyl sites for hydroxylation is 2. The summed E-state index contributed by atoms with van der Waals surface area (Å²) in [6.07, 6.45) is 7.81. The maximum atomic E-state index is 6.28. The minimum Gasteiger partial charge on any atom is -0.491 e. The molecule has 1 spiro atoms. The van der Waals surface area contributed by atoms with Gasteiger partial charge in [0.2, 0.25) is 0 Å². The lowest BCUT2D eigenvalue weighted by Gasteiger charge is -2.23. The molecule has 110 valence electrons. The van der Waals surface area contributed by atoms with Crippen molar-refractivity contribution in [3.8, 4) is 5.75 Å². The molecule has 2 fully saturated rings. The number of rotatable bonds is 3. The molecule has 1 saturated heterocycles. The Hall–Kier alpha value is -0.540. The maximum absolute atomic E-state index is 6.28. The highest BCUT2D eigenvalue weighted by atomic mass is 79.9. The Labute approximate surface area is 130 Å². The molecule has 1 unspecified atom stereocenters. The Morgan fingerprint density at radius 3 is 2.50 bits per heavy atom. The van der Waals surface area contributed by atoms with E-state index in [9.17, 15) is 0 Å². The first kappa shape index (κ1) is 14.4. The van der Waals surface area contributed by atoms with Gasteiger partial charge in [0.05, 0.1) is 11.7 Å². The summed E-state index contributed by atoms with van der Waals surface area (Å²) in [5, 5.41) is 0. The molecule has 0 amide bonds. The van der Waals surface area contributed by atoms with Crippen LogP contribution in [0.3, 0.4) is 0 Å². The van der Waals surface area contributed by atoms with Crippen LogP contribution in [0.25, 0.3) is 0 Å². The third-order valence-corrected chi connectivity index (χ3v) is 5.95. The van der Waals surface area contributed by atoms with Crippen LogP contribution in [-0.2, 0) is 4.74 Å². The highest BCUT2D eigenvalue weighted by molar-refractivity contribution is 9.10. The van der Waals surface area contributed by atoms with E-state index in [1.165, 1.54) is 47.7 Å². The van der Waals surface area contributed by atoms with Crippen molar-refractivity contribution in [2.45, 2.75) is 64.1 Å². The van der Waals surface area contributed by atoms with Gasteiger partial charge in [-0.1, -0.05) is 28.8 Å². The first-order valence-electron chi connectivity index (χ1n) is 7.65. The van der Waals surface area contributed by atoms with Crippen molar-refractivity contribution < 1.29 is 9.47 Å². The molecule has 0 N–H and O–H groups in total. The molecule has 2 aliphatic rings. The highest BCUT2D eigenvalue weighted by Gasteiger charge is 2.42. The van der Waals surface area contributed by atoms with Crippen molar-refractivity contribution in [2.75, 3.05) is 6.61 Å². The Morgan fingerprint density at radius 2 is 1.85 bits per heavy atom. The van der Waals surface area contributed by atoms with E-state index in [0.29, 0.717) is 6.61 Å². The topological polar surface area (TPSA) is 18.5 Å². The van der Waals surface area contributed by atoms with Gasteiger partial charge in [-0.05, 0) is 62.8 Å². The van der Waals surface area contributed by atoms with Crippen LogP contribution in [0.15, 0.2) is 16.6 Å². The van der Waals surface area contributed by atoms with E-state index in [4.69, 9.17) is 9.47 Å². The van der Waals surface area contributed by atoms with Crippen molar-refractivity contribution in [1.29, 1.82) is 0 Å². The fraction of sp³-hybridized carbons (Fsp3) is 0.647. The second-order valence-electron chi connectivity index (χ2n) is 6.35. The van der Waals surface area contributed by atoms with Crippen LogP contribution in [0.4, 0.5) is 0 Å². The van der Waals surface area contributed by atoms with Gasteiger partial charge in [0.1, 0.15) is 12.4 Å². The van der Waals surface area contributed by atoms with Crippen molar-refractivity contribution in [2.24, 2.45) is 0 Å². The summed E-state index contributed by atoms with van der Waals surface area (Å²) < 4.78 is 13.4. The number of halogens is 1. The molecule has 1 aromatic carbocycles. The molecule has 0 radical (unpaired) electrons. The zero-order valence-corrected chi connectivity index (χ0v) is 14.0. The highest BCUT2D eigenvalue weighted by Crippen LogP contribution is 2.43. The summed E-state index contributed by atoms with van der Waals surface area (Å²) in [5.41, 5.74) is 2.65. The molecule has 0 bridgehead atoms. The van der Waals surface area contributed by atoms with E-state index in [2.05, 4.69) is 41.9 Å². The van der Waals surface area contributed by atoms with Crippen molar-refractivity contribution >= 4 is 15.9 Å². The molecule has 1 saturated carbocycles. The van der Waals surface area contributed by atoms with Gasteiger partial charge in [0, 0.05) is 4.47 Å². The SMILES string of the molecule is Cc1cc(OCC2CCC3(CCCC3)O2)cc(C)c1Br. The lowest BCUT2D eigenvalue weighted by atomic mass is 9.98. The van der Waals surface area contributed by atoms with Crippen LogP contribution in [-0.4, -0.2) is 18.3 Å².